The van der Waals surface area contributed by atoms with Gasteiger partial charge in [0, 0.05) is 0 Å². The molecule has 0 atom stereocenters. The lowest BCUT2D eigenvalue weighted by Gasteiger charge is -2.33. The minimum atomic E-state index is -1.81. The molecule has 0 amide bonds. The molecule has 0 saturated carbocycles. The van der Waals surface area contributed by atoms with E-state index in [1.807, 2.05) is 0 Å². The molecule has 1 aromatic carbocycles. The molecule has 1 nitrogen and oxygen atoms in total. The van der Waals surface area contributed by atoms with Crippen molar-refractivity contribution in [2.45, 2.75) is 59.2 Å². The normalized spacial score (nSPS) is 20.0. The minimum Gasteiger partial charge on any atom is -0.403 e. The number of benzene rings is 1. The van der Waals surface area contributed by atoms with Crippen LogP contribution in [-0.4, -0.2) is 8.32 Å². The molecule has 2 heteroatoms. The second kappa shape index (κ2) is 5.06. The van der Waals surface area contributed by atoms with Gasteiger partial charge in [-0.2, -0.15) is 0 Å². The molecule has 1 aromatic rings. The van der Waals surface area contributed by atoms with E-state index in [9.17, 15) is 0 Å². The standard InChI is InChI=1S/C17H28OSi/c1-13(2)11-19(12-14(3)4)16-10-8-7-9-15(16)17(5,6)18-19/h7-10,13-14H,11-12H2,1-6H3. The Kier molecular flexibility index (Phi) is 3.94. The summed E-state index contributed by atoms with van der Waals surface area (Å²) in [5, 5.41) is 1.56. The summed E-state index contributed by atoms with van der Waals surface area (Å²) in [5.41, 5.74) is 1.33. The highest BCUT2D eigenvalue weighted by molar-refractivity contribution is 6.88. The molecule has 0 saturated heterocycles. The van der Waals surface area contributed by atoms with Crippen molar-refractivity contribution < 1.29 is 4.43 Å². The van der Waals surface area contributed by atoms with Crippen LogP contribution in [0.25, 0.3) is 0 Å². The Morgan fingerprint density at radius 3 is 2.05 bits per heavy atom. The van der Waals surface area contributed by atoms with Crippen molar-refractivity contribution in [3.05, 3.63) is 29.8 Å². The maximum Gasteiger partial charge on any atom is 0.226 e. The zero-order valence-electron chi connectivity index (χ0n) is 13.3. The lowest BCUT2D eigenvalue weighted by Crippen LogP contribution is -2.49. The van der Waals surface area contributed by atoms with Crippen molar-refractivity contribution in [1.29, 1.82) is 0 Å². The molecule has 0 unspecified atom stereocenters. The van der Waals surface area contributed by atoms with E-state index in [0.717, 1.165) is 0 Å². The second-order valence-corrected chi connectivity index (χ2v) is 10.9. The van der Waals surface area contributed by atoms with Crippen molar-refractivity contribution in [2.24, 2.45) is 11.8 Å². The van der Waals surface area contributed by atoms with Gasteiger partial charge in [-0.3, -0.25) is 0 Å². The van der Waals surface area contributed by atoms with Gasteiger partial charge in [0.2, 0.25) is 8.32 Å². The summed E-state index contributed by atoms with van der Waals surface area (Å²) >= 11 is 0. The van der Waals surface area contributed by atoms with Crippen LogP contribution < -0.4 is 5.19 Å². The predicted octanol–water partition coefficient (Wildman–Crippen LogP) is 4.42. The van der Waals surface area contributed by atoms with Gasteiger partial charge in [-0.15, -0.1) is 0 Å². The molecule has 0 spiro atoms. The van der Waals surface area contributed by atoms with Crippen LogP contribution in [0.4, 0.5) is 0 Å². The number of fused-ring (bicyclic) bond motifs is 1. The SMILES string of the molecule is CC(C)C[Si]1(CC(C)C)OC(C)(C)c2ccccc21. The average molecular weight is 276 g/mol. The Morgan fingerprint density at radius 1 is 1.00 bits per heavy atom. The number of hydrogen-bond donors (Lipinski definition) is 0. The number of rotatable bonds is 4. The van der Waals surface area contributed by atoms with Crippen LogP contribution in [0.3, 0.4) is 0 Å². The van der Waals surface area contributed by atoms with Gasteiger partial charge < -0.3 is 4.43 Å². The first kappa shape index (κ1) is 14.8. The van der Waals surface area contributed by atoms with Gasteiger partial charge in [-0.05, 0) is 48.5 Å². The molecule has 0 aliphatic carbocycles. The summed E-state index contributed by atoms with van der Waals surface area (Å²) in [6.07, 6.45) is 0. The minimum absolute atomic E-state index is 0.105. The molecule has 0 N–H and O–H groups in total. The first-order chi connectivity index (χ1) is 8.77. The van der Waals surface area contributed by atoms with E-state index in [4.69, 9.17) is 4.43 Å². The summed E-state index contributed by atoms with van der Waals surface area (Å²) in [4.78, 5) is 0. The van der Waals surface area contributed by atoms with Crippen molar-refractivity contribution >= 4 is 13.5 Å². The largest absolute Gasteiger partial charge is 0.403 e. The molecule has 106 valence electrons. The fraction of sp³-hybridized carbons (Fsp3) is 0.647. The molecule has 0 bridgehead atoms. The smallest absolute Gasteiger partial charge is 0.226 e. The van der Waals surface area contributed by atoms with E-state index < -0.39 is 8.32 Å². The van der Waals surface area contributed by atoms with Gasteiger partial charge in [0.05, 0.1) is 5.60 Å². The van der Waals surface area contributed by atoms with E-state index in [-0.39, 0.29) is 5.60 Å². The van der Waals surface area contributed by atoms with Crippen molar-refractivity contribution in [3.8, 4) is 0 Å². The van der Waals surface area contributed by atoms with Crippen LogP contribution in [0.5, 0.6) is 0 Å². The van der Waals surface area contributed by atoms with Crippen LogP contribution in [0.15, 0.2) is 24.3 Å². The Bertz CT molecular complexity index is 438. The van der Waals surface area contributed by atoms with Crippen LogP contribution in [-0.2, 0) is 10.0 Å². The van der Waals surface area contributed by atoms with E-state index >= 15 is 0 Å². The first-order valence-electron chi connectivity index (χ1n) is 7.57. The molecule has 1 heterocycles. The summed E-state index contributed by atoms with van der Waals surface area (Å²) in [6.45, 7) is 13.8. The summed E-state index contributed by atoms with van der Waals surface area (Å²) in [5.74, 6) is 1.40. The zero-order valence-corrected chi connectivity index (χ0v) is 14.3. The Morgan fingerprint density at radius 2 is 1.53 bits per heavy atom. The highest BCUT2D eigenvalue weighted by atomic mass is 28.4. The lowest BCUT2D eigenvalue weighted by molar-refractivity contribution is 0.110. The lowest BCUT2D eigenvalue weighted by atomic mass is 9.99. The number of hydrogen-bond acceptors (Lipinski definition) is 1. The van der Waals surface area contributed by atoms with E-state index in [2.05, 4.69) is 65.8 Å². The van der Waals surface area contributed by atoms with E-state index in [0.29, 0.717) is 11.8 Å². The van der Waals surface area contributed by atoms with Crippen LogP contribution in [0, 0.1) is 11.8 Å². The topological polar surface area (TPSA) is 9.23 Å². The summed E-state index contributed by atoms with van der Waals surface area (Å²) in [6, 6.07) is 11.4. The Labute approximate surface area is 119 Å². The summed E-state index contributed by atoms with van der Waals surface area (Å²) < 4.78 is 6.77. The molecule has 1 aliphatic rings. The molecular formula is C17H28OSi. The summed E-state index contributed by atoms with van der Waals surface area (Å²) in [7, 11) is -1.81. The van der Waals surface area contributed by atoms with Gasteiger partial charge in [-0.1, -0.05) is 52.0 Å². The van der Waals surface area contributed by atoms with Crippen LogP contribution in [0.2, 0.25) is 12.1 Å². The van der Waals surface area contributed by atoms with Crippen molar-refractivity contribution in [2.75, 3.05) is 0 Å². The van der Waals surface area contributed by atoms with Crippen molar-refractivity contribution in [1.82, 2.24) is 0 Å². The van der Waals surface area contributed by atoms with E-state index in [1.54, 1.807) is 5.19 Å². The van der Waals surface area contributed by atoms with Crippen molar-refractivity contribution in [3.63, 3.8) is 0 Å². The predicted molar refractivity (Wildman–Crippen MR) is 85.2 cm³/mol. The molecule has 1 aliphatic heterocycles. The van der Waals surface area contributed by atoms with Crippen LogP contribution >= 0.6 is 0 Å². The van der Waals surface area contributed by atoms with Gasteiger partial charge in [0.15, 0.2) is 0 Å². The first-order valence-corrected chi connectivity index (χ1v) is 9.89. The maximum atomic E-state index is 6.77. The molecule has 0 radical (unpaired) electrons. The second-order valence-electron chi connectivity index (χ2n) is 7.35. The van der Waals surface area contributed by atoms with Crippen LogP contribution in [0.1, 0.15) is 47.1 Å². The molecule has 0 fully saturated rings. The third-order valence-corrected chi connectivity index (χ3v) is 9.26. The van der Waals surface area contributed by atoms with Gasteiger partial charge in [0.1, 0.15) is 0 Å². The third-order valence-electron chi connectivity index (χ3n) is 3.99. The van der Waals surface area contributed by atoms with E-state index in [1.165, 1.54) is 17.7 Å². The Hall–Kier alpha value is -0.603. The average Bonchev–Trinajstić information content (AvgIpc) is 2.46. The fourth-order valence-corrected chi connectivity index (χ4v) is 9.59. The third kappa shape index (κ3) is 2.80. The highest BCUT2D eigenvalue weighted by Crippen LogP contribution is 2.41. The monoisotopic (exact) mass is 276 g/mol. The molecular weight excluding hydrogens is 248 g/mol. The maximum absolute atomic E-state index is 6.77. The van der Waals surface area contributed by atoms with Gasteiger partial charge >= 0.3 is 0 Å². The highest BCUT2D eigenvalue weighted by Gasteiger charge is 2.51. The fourth-order valence-electron chi connectivity index (χ4n) is 3.71. The zero-order chi connectivity index (χ0) is 14.3. The Balaban J connectivity index is 2.51. The molecule has 19 heavy (non-hydrogen) atoms. The molecule has 2 rings (SSSR count). The quantitative estimate of drug-likeness (QED) is 0.740. The van der Waals surface area contributed by atoms with Gasteiger partial charge in [0.25, 0.3) is 0 Å². The van der Waals surface area contributed by atoms with Gasteiger partial charge in [-0.25, -0.2) is 0 Å². The molecule has 0 aromatic heterocycles.